The zero-order valence-electron chi connectivity index (χ0n) is 11.4. The van der Waals surface area contributed by atoms with Gasteiger partial charge in [0.05, 0.1) is 12.8 Å². The molecule has 1 N–H and O–H groups in total. The van der Waals surface area contributed by atoms with Crippen LogP contribution in [0.2, 0.25) is 0 Å². The van der Waals surface area contributed by atoms with Gasteiger partial charge in [-0.05, 0) is 44.8 Å². The molecule has 0 spiro atoms. The van der Waals surface area contributed by atoms with E-state index in [9.17, 15) is 4.79 Å². The fourth-order valence-electron chi connectivity index (χ4n) is 1.95. The molecule has 2 aromatic rings. The smallest absolute Gasteiger partial charge is 0.238 e. The molecule has 0 aliphatic rings. The molecule has 100 valence electrons. The van der Waals surface area contributed by atoms with E-state index in [1.165, 1.54) is 0 Å². The van der Waals surface area contributed by atoms with Crippen LogP contribution < -0.4 is 5.32 Å². The molecule has 0 aliphatic heterocycles. The van der Waals surface area contributed by atoms with E-state index in [1.807, 2.05) is 56.3 Å². The molecule has 0 atom stereocenters. The SMILES string of the molecule is Cc1c(NC(=O)CN(C)C)cccc1-c1ccco1. The van der Waals surface area contributed by atoms with Crippen LogP contribution in [0.4, 0.5) is 5.69 Å². The van der Waals surface area contributed by atoms with Gasteiger partial charge in [-0.25, -0.2) is 0 Å². The molecule has 2 rings (SSSR count). The third-order valence-corrected chi connectivity index (χ3v) is 2.85. The van der Waals surface area contributed by atoms with Gasteiger partial charge >= 0.3 is 0 Å². The average Bonchev–Trinajstić information content (AvgIpc) is 2.84. The van der Waals surface area contributed by atoms with E-state index >= 15 is 0 Å². The maximum absolute atomic E-state index is 11.8. The van der Waals surface area contributed by atoms with Gasteiger partial charge in [-0.15, -0.1) is 0 Å². The Balaban J connectivity index is 2.23. The number of rotatable bonds is 4. The van der Waals surface area contributed by atoms with Crippen molar-refractivity contribution in [3.05, 3.63) is 42.2 Å². The first kappa shape index (κ1) is 13.4. The van der Waals surface area contributed by atoms with Gasteiger partial charge in [0.25, 0.3) is 0 Å². The molecule has 4 heteroatoms. The Morgan fingerprint density at radius 3 is 2.68 bits per heavy atom. The Bertz CT molecular complexity index is 560. The highest BCUT2D eigenvalue weighted by molar-refractivity contribution is 5.94. The van der Waals surface area contributed by atoms with Crippen LogP contribution in [0, 0.1) is 6.92 Å². The summed E-state index contributed by atoms with van der Waals surface area (Å²) in [5.74, 6) is 0.783. The summed E-state index contributed by atoms with van der Waals surface area (Å²) >= 11 is 0. The van der Waals surface area contributed by atoms with Gasteiger partial charge in [0.2, 0.25) is 5.91 Å². The Morgan fingerprint density at radius 2 is 2.05 bits per heavy atom. The molecular weight excluding hydrogens is 240 g/mol. The molecule has 19 heavy (non-hydrogen) atoms. The summed E-state index contributed by atoms with van der Waals surface area (Å²) in [7, 11) is 3.73. The predicted molar refractivity (Wildman–Crippen MR) is 76.1 cm³/mol. The number of likely N-dealkylation sites (N-methyl/N-ethyl adjacent to an activating group) is 1. The lowest BCUT2D eigenvalue weighted by molar-refractivity contribution is -0.116. The molecule has 0 bridgehead atoms. The minimum absolute atomic E-state index is 0.0234. The minimum atomic E-state index is -0.0234. The summed E-state index contributed by atoms with van der Waals surface area (Å²) < 4.78 is 5.40. The number of carbonyl (C=O) groups is 1. The molecule has 0 radical (unpaired) electrons. The Hall–Kier alpha value is -2.07. The van der Waals surface area contributed by atoms with E-state index in [-0.39, 0.29) is 5.91 Å². The summed E-state index contributed by atoms with van der Waals surface area (Å²) in [6, 6.07) is 9.56. The fourth-order valence-corrected chi connectivity index (χ4v) is 1.95. The third kappa shape index (κ3) is 3.23. The number of hydrogen-bond donors (Lipinski definition) is 1. The molecular formula is C15H18N2O2. The highest BCUT2D eigenvalue weighted by atomic mass is 16.3. The van der Waals surface area contributed by atoms with Crippen LogP contribution in [0.3, 0.4) is 0 Å². The van der Waals surface area contributed by atoms with Crippen LogP contribution in [0.5, 0.6) is 0 Å². The van der Waals surface area contributed by atoms with Gasteiger partial charge in [-0.1, -0.05) is 12.1 Å². The molecule has 0 aliphatic carbocycles. The quantitative estimate of drug-likeness (QED) is 0.917. The monoisotopic (exact) mass is 258 g/mol. The van der Waals surface area contributed by atoms with Gasteiger partial charge in [0, 0.05) is 11.3 Å². The van der Waals surface area contributed by atoms with Crippen LogP contribution in [0.25, 0.3) is 11.3 Å². The standard InChI is InChI=1S/C15H18N2O2/c1-11-12(14-8-5-9-19-14)6-4-7-13(11)16-15(18)10-17(2)3/h4-9H,10H2,1-3H3,(H,16,18). The van der Waals surface area contributed by atoms with Crippen molar-refractivity contribution < 1.29 is 9.21 Å². The van der Waals surface area contributed by atoms with Crippen LogP contribution in [-0.4, -0.2) is 31.4 Å². The van der Waals surface area contributed by atoms with Crippen molar-refractivity contribution in [3.8, 4) is 11.3 Å². The van der Waals surface area contributed by atoms with E-state index in [2.05, 4.69) is 5.32 Å². The van der Waals surface area contributed by atoms with Crippen molar-refractivity contribution in [2.45, 2.75) is 6.92 Å². The van der Waals surface area contributed by atoms with Gasteiger partial charge in [0.1, 0.15) is 5.76 Å². The van der Waals surface area contributed by atoms with E-state index < -0.39 is 0 Å². The maximum atomic E-state index is 11.8. The number of nitrogens with zero attached hydrogens (tertiary/aromatic N) is 1. The lowest BCUT2D eigenvalue weighted by atomic mass is 10.0. The average molecular weight is 258 g/mol. The Morgan fingerprint density at radius 1 is 1.26 bits per heavy atom. The zero-order valence-corrected chi connectivity index (χ0v) is 11.4. The summed E-state index contributed by atoms with van der Waals surface area (Å²) in [4.78, 5) is 13.6. The summed E-state index contributed by atoms with van der Waals surface area (Å²) in [5.41, 5.74) is 2.82. The van der Waals surface area contributed by atoms with Crippen molar-refractivity contribution in [3.63, 3.8) is 0 Å². The van der Waals surface area contributed by atoms with Crippen LogP contribution >= 0.6 is 0 Å². The molecule has 0 fully saturated rings. The number of anilines is 1. The predicted octanol–water partition coefficient (Wildman–Crippen LogP) is 2.76. The second kappa shape index (κ2) is 5.71. The number of hydrogen-bond acceptors (Lipinski definition) is 3. The molecule has 1 aromatic carbocycles. The van der Waals surface area contributed by atoms with Crippen molar-refractivity contribution in [2.75, 3.05) is 26.0 Å². The van der Waals surface area contributed by atoms with E-state index in [4.69, 9.17) is 4.42 Å². The van der Waals surface area contributed by atoms with Crippen molar-refractivity contribution in [1.82, 2.24) is 4.90 Å². The van der Waals surface area contributed by atoms with E-state index in [0.29, 0.717) is 6.54 Å². The number of furan rings is 1. The first-order valence-corrected chi connectivity index (χ1v) is 6.16. The topological polar surface area (TPSA) is 45.5 Å². The second-order valence-corrected chi connectivity index (χ2v) is 4.74. The lowest BCUT2D eigenvalue weighted by Gasteiger charge is -2.13. The fraction of sp³-hybridized carbons (Fsp3) is 0.267. The number of benzene rings is 1. The summed E-state index contributed by atoms with van der Waals surface area (Å²) in [6.07, 6.45) is 1.64. The third-order valence-electron chi connectivity index (χ3n) is 2.85. The van der Waals surface area contributed by atoms with Crippen molar-refractivity contribution in [2.24, 2.45) is 0 Å². The molecule has 0 saturated carbocycles. The van der Waals surface area contributed by atoms with Crippen molar-refractivity contribution >= 4 is 11.6 Å². The van der Waals surface area contributed by atoms with E-state index in [1.54, 1.807) is 6.26 Å². The van der Waals surface area contributed by atoms with Gasteiger partial charge in [0.15, 0.2) is 0 Å². The Kier molecular flexibility index (Phi) is 4.02. The van der Waals surface area contributed by atoms with E-state index in [0.717, 1.165) is 22.6 Å². The van der Waals surface area contributed by atoms with Crippen LogP contribution in [0.15, 0.2) is 41.0 Å². The highest BCUT2D eigenvalue weighted by Gasteiger charge is 2.10. The number of amides is 1. The number of nitrogens with one attached hydrogen (secondary N) is 1. The first-order chi connectivity index (χ1) is 9.08. The summed E-state index contributed by atoms with van der Waals surface area (Å²) in [5, 5.41) is 2.92. The van der Waals surface area contributed by atoms with Gasteiger partial charge < -0.3 is 14.6 Å². The largest absolute Gasteiger partial charge is 0.464 e. The van der Waals surface area contributed by atoms with Gasteiger partial charge in [-0.3, -0.25) is 4.79 Å². The van der Waals surface area contributed by atoms with Crippen molar-refractivity contribution in [1.29, 1.82) is 0 Å². The second-order valence-electron chi connectivity index (χ2n) is 4.74. The first-order valence-electron chi connectivity index (χ1n) is 6.16. The number of carbonyl (C=O) groups excluding carboxylic acids is 1. The molecule has 0 saturated heterocycles. The molecule has 1 amide bonds. The van der Waals surface area contributed by atoms with Crippen LogP contribution in [0.1, 0.15) is 5.56 Å². The molecule has 1 heterocycles. The Labute approximate surface area is 113 Å². The molecule has 1 aromatic heterocycles. The zero-order chi connectivity index (χ0) is 13.8. The maximum Gasteiger partial charge on any atom is 0.238 e. The lowest BCUT2D eigenvalue weighted by Crippen LogP contribution is -2.27. The normalized spacial score (nSPS) is 10.7. The highest BCUT2D eigenvalue weighted by Crippen LogP contribution is 2.28. The molecule has 0 unspecified atom stereocenters. The minimum Gasteiger partial charge on any atom is -0.464 e. The summed E-state index contributed by atoms with van der Waals surface area (Å²) in [6.45, 7) is 2.34. The van der Waals surface area contributed by atoms with Gasteiger partial charge in [-0.2, -0.15) is 0 Å². The van der Waals surface area contributed by atoms with Crippen LogP contribution in [-0.2, 0) is 4.79 Å². The molecule has 4 nitrogen and oxygen atoms in total.